The Balaban J connectivity index is 1.75. The number of methoxy groups -OCH3 is 1. The molecule has 0 aromatic heterocycles. The highest BCUT2D eigenvalue weighted by atomic mass is 32.2. The minimum atomic E-state index is -4.25. The van der Waals surface area contributed by atoms with Crippen LogP contribution in [0.4, 0.5) is 10.1 Å². The maximum Gasteiger partial charge on any atom is 0.264 e. The number of carbonyl (C=O) groups is 2. The minimum absolute atomic E-state index is 0.000914. The summed E-state index contributed by atoms with van der Waals surface area (Å²) in [5.74, 6) is -0.989. The van der Waals surface area contributed by atoms with Crippen LogP contribution in [0.25, 0.3) is 0 Å². The second-order valence-electron chi connectivity index (χ2n) is 11.4. The number of halogens is 1. The Morgan fingerprint density at radius 1 is 0.955 bits per heavy atom. The Morgan fingerprint density at radius 2 is 1.59 bits per heavy atom. The average molecular weight is 624 g/mol. The van der Waals surface area contributed by atoms with Crippen molar-refractivity contribution in [2.45, 2.75) is 82.8 Å². The van der Waals surface area contributed by atoms with Gasteiger partial charge in [0.2, 0.25) is 11.8 Å². The van der Waals surface area contributed by atoms with Crippen LogP contribution in [-0.4, -0.2) is 50.9 Å². The number of rotatable bonds is 12. The molecule has 0 spiro atoms. The number of amides is 2. The number of carbonyl (C=O) groups excluding carboxylic acids is 2. The van der Waals surface area contributed by atoms with Crippen LogP contribution in [0.5, 0.6) is 5.75 Å². The van der Waals surface area contributed by atoms with Gasteiger partial charge in [0.15, 0.2) is 0 Å². The third-order valence-corrected chi connectivity index (χ3v) is 9.87. The number of sulfonamides is 1. The molecule has 0 bridgehead atoms. The quantitative estimate of drug-likeness (QED) is 0.271. The van der Waals surface area contributed by atoms with Gasteiger partial charge in [-0.05, 0) is 80.6 Å². The van der Waals surface area contributed by atoms with E-state index in [1.807, 2.05) is 20.8 Å². The molecule has 0 saturated heterocycles. The van der Waals surface area contributed by atoms with Crippen LogP contribution < -0.4 is 14.4 Å². The van der Waals surface area contributed by atoms with Crippen molar-refractivity contribution in [2.75, 3.05) is 18.0 Å². The largest absolute Gasteiger partial charge is 0.495 e. The fraction of sp³-hybridized carbons (Fsp3) is 0.412. The van der Waals surface area contributed by atoms with Crippen molar-refractivity contribution < 1.29 is 27.1 Å². The number of hydrogen-bond acceptors (Lipinski definition) is 5. The van der Waals surface area contributed by atoms with Crippen molar-refractivity contribution in [3.8, 4) is 5.75 Å². The van der Waals surface area contributed by atoms with E-state index in [-0.39, 0.29) is 34.8 Å². The van der Waals surface area contributed by atoms with Gasteiger partial charge in [-0.1, -0.05) is 62.1 Å². The smallest absolute Gasteiger partial charge is 0.264 e. The van der Waals surface area contributed by atoms with E-state index >= 15 is 0 Å². The Bertz CT molecular complexity index is 1540. The minimum Gasteiger partial charge on any atom is -0.495 e. The Hall–Kier alpha value is -3.92. The number of nitrogens with zero attached hydrogens (tertiary/aromatic N) is 2. The number of nitrogens with one attached hydrogen (secondary N) is 1. The lowest BCUT2D eigenvalue weighted by molar-refractivity contribution is -0.140. The monoisotopic (exact) mass is 623 g/mol. The van der Waals surface area contributed by atoms with Gasteiger partial charge in [0.25, 0.3) is 10.0 Å². The van der Waals surface area contributed by atoms with Crippen molar-refractivity contribution in [3.05, 3.63) is 89.2 Å². The average Bonchev–Trinajstić information content (AvgIpc) is 3.01. The van der Waals surface area contributed by atoms with Gasteiger partial charge in [-0.2, -0.15) is 0 Å². The predicted molar refractivity (Wildman–Crippen MR) is 169 cm³/mol. The fourth-order valence-corrected chi connectivity index (χ4v) is 7.01. The summed E-state index contributed by atoms with van der Waals surface area (Å²) >= 11 is 0. The Kier molecular flexibility index (Phi) is 11.0. The maximum atomic E-state index is 14.3. The van der Waals surface area contributed by atoms with Gasteiger partial charge in [0, 0.05) is 12.6 Å². The van der Waals surface area contributed by atoms with Crippen molar-refractivity contribution in [1.29, 1.82) is 0 Å². The lowest BCUT2D eigenvalue weighted by atomic mass is 9.95. The van der Waals surface area contributed by atoms with Crippen LogP contribution >= 0.6 is 0 Å². The SMILES string of the molecule is CCC(C(=O)NC1CCCCC1)N(Cc1ccc(F)cc1)C(=O)CN(c1cc(C)ccc1OC)S(=O)(=O)c1ccc(C)cc1. The zero-order valence-corrected chi connectivity index (χ0v) is 26.7. The summed E-state index contributed by atoms with van der Waals surface area (Å²) in [6.45, 7) is 4.92. The molecule has 8 nitrogen and oxygen atoms in total. The molecule has 0 aliphatic heterocycles. The molecule has 1 atom stereocenters. The molecule has 1 saturated carbocycles. The molecule has 10 heteroatoms. The molecule has 3 aromatic rings. The Morgan fingerprint density at radius 3 is 2.20 bits per heavy atom. The highest BCUT2D eigenvalue weighted by Gasteiger charge is 2.35. The molecule has 1 N–H and O–H groups in total. The van der Waals surface area contributed by atoms with Crippen LogP contribution in [0.15, 0.2) is 71.6 Å². The van der Waals surface area contributed by atoms with Crippen molar-refractivity contribution in [3.63, 3.8) is 0 Å². The summed E-state index contributed by atoms with van der Waals surface area (Å²) in [5.41, 5.74) is 2.49. The number of hydrogen-bond donors (Lipinski definition) is 1. The molecule has 0 heterocycles. The molecule has 236 valence electrons. The molecule has 1 fully saturated rings. The summed E-state index contributed by atoms with van der Waals surface area (Å²) in [6.07, 6.45) is 5.26. The molecule has 1 aliphatic carbocycles. The van der Waals surface area contributed by atoms with Gasteiger partial charge in [-0.25, -0.2) is 12.8 Å². The van der Waals surface area contributed by atoms with E-state index in [0.717, 1.165) is 47.5 Å². The molecule has 44 heavy (non-hydrogen) atoms. The van der Waals surface area contributed by atoms with Gasteiger partial charge in [-0.15, -0.1) is 0 Å². The normalized spacial score (nSPS) is 14.5. The Labute approximate surface area is 260 Å². The molecule has 0 radical (unpaired) electrons. The summed E-state index contributed by atoms with van der Waals surface area (Å²) in [6, 6.07) is 16.4. The number of anilines is 1. The van der Waals surface area contributed by atoms with Crippen LogP contribution in [-0.2, 0) is 26.2 Å². The van der Waals surface area contributed by atoms with Crippen molar-refractivity contribution in [2.24, 2.45) is 0 Å². The van der Waals surface area contributed by atoms with E-state index in [0.29, 0.717) is 12.0 Å². The van der Waals surface area contributed by atoms with E-state index in [1.165, 1.54) is 36.3 Å². The first kappa shape index (κ1) is 33.0. The summed E-state index contributed by atoms with van der Waals surface area (Å²) in [5, 5.41) is 3.13. The summed E-state index contributed by atoms with van der Waals surface area (Å²) in [4.78, 5) is 29.4. The van der Waals surface area contributed by atoms with E-state index in [9.17, 15) is 22.4 Å². The summed E-state index contributed by atoms with van der Waals surface area (Å²) < 4.78 is 48.7. The van der Waals surface area contributed by atoms with Gasteiger partial charge in [0.1, 0.15) is 24.2 Å². The molecule has 4 rings (SSSR count). The molecule has 2 amide bonds. The lowest BCUT2D eigenvalue weighted by Crippen LogP contribution is -2.54. The van der Waals surface area contributed by atoms with Crippen LogP contribution in [0.3, 0.4) is 0 Å². The topological polar surface area (TPSA) is 96.0 Å². The van der Waals surface area contributed by atoms with E-state index in [1.54, 1.807) is 42.5 Å². The molecule has 1 unspecified atom stereocenters. The second kappa shape index (κ2) is 14.7. The first-order valence-electron chi connectivity index (χ1n) is 15.1. The first-order valence-corrected chi connectivity index (χ1v) is 16.6. The number of aryl methyl sites for hydroxylation is 2. The van der Waals surface area contributed by atoms with Crippen molar-refractivity contribution >= 4 is 27.5 Å². The van der Waals surface area contributed by atoms with E-state index < -0.39 is 34.3 Å². The number of benzene rings is 3. The highest BCUT2D eigenvalue weighted by Crippen LogP contribution is 2.34. The van der Waals surface area contributed by atoms with Gasteiger partial charge < -0.3 is 15.0 Å². The van der Waals surface area contributed by atoms with Gasteiger partial charge in [0.05, 0.1) is 17.7 Å². The fourth-order valence-electron chi connectivity index (χ4n) is 5.60. The van der Waals surface area contributed by atoms with Crippen LogP contribution in [0, 0.1) is 19.7 Å². The van der Waals surface area contributed by atoms with Gasteiger partial charge in [-0.3, -0.25) is 13.9 Å². The predicted octanol–water partition coefficient (Wildman–Crippen LogP) is 5.90. The zero-order valence-electron chi connectivity index (χ0n) is 25.9. The van der Waals surface area contributed by atoms with E-state index in [4.69, 9.17) is 4.74 Å². The standard InChI is InChI=1S/C34H42FN3O5S/c1-5-30(34(40)36-28-9-7-6-8-10-28)37(22-26-14-16-27(35)17-15-26)33(39)23-38(31-21-25(3)13-20-32(31)43-4)44(41,42)29-18-11-24(2)12-19-29/h11-21,28,30H,5-10,22-23H2,1-4H3,(H,36,40). The zero-order chi connectivity index (χ0) is 31.9. The highest BCUT2D eigenvalue weighted by molar-refractivity contribution is 7.92. The van der Waals surface area contributed by atoms with Crippen molar-refractivity contribution in [1.82, 2.24) is 10.2 Å². The lowest BCUT2D eigenvalue weighted by Gasteiger charge is -2.34. The molecule has 3 aromatic carbocycles. The molecule has 1 aliphatic rings. The first-order chi connectivity index (χ1) is 21.0. The summed E-state index contributed by atoms with van der Waals surface area (Å²) in [7, 11) is -2.81. The second-order valence-corrected chi connectivity index (χ2v) is 13.3. The molecular formula is C34H42FN3O5S. The van der Waals surface area contributed by atoms with Gasteiger partial charge >= 0.3 is 0 Å². The van der Waals surface area contributed by atoms with E-state index in [2.05, 4.69) is 5.32 Å². The third-order valence-electron chi connectivity index (χ3n) is 8.09. The third kappa shape index (κ3) is 7.96. The number of ether oxygens (including phenoxy) is 1. The maximum absolute atomic E-state index is 14.3. The van der Waals surface area contributed by atoms with Crippen LogP contribution in [0.2, 0.25) is 0 Å². The van der Waals surface area contributed by atoms with Crippen LogP contribution in [0.1, 0.15) is 62.1 Å². The molecular weight excluding hydrogens is 581 g/mol.